The third kappa shape index (κ3) is 2.49. The highest BCUT2D eigenvalue weighted by Gasteiger charge is 2.21. The molecular weight excluding hydrogens is 242 g/mol. The van der Waals surface area contributed by atoms with Crippen molar-refractivity contribution in [3.8, 4) is 0 Å². The number of thiophene rings is 1. The van der Waals surface area contributed by atoms with Crippen molar-refractivity contribution < 1.29 is 0 Å². The third-order valence-electron chi connectivity index (χ3n) is 3.51. The monoisotopic (exact) mass is 261 g/mol. The lowest BCUT2D eigenvalue weighted by Crippen LogP contribution is -2.26. The van der Waals surface area contributed by atoms with Crippen LogP contribution in [0.5, 0.6) is 0 Å². The summed E-state index contributed by atoms with van der Waals surface area (Å²) >= 11 is 1.82. The van der Waals surface area contributed by atoms with E-state index in [1.54, 1.807) is 0 Å². The molecule has 0 bridgehead atoms. The fourth-order valence-corrected chi connectivity index (χ4v) is 3.36. The van der Waals surface area contributed by atoms with Crippen LogP contribution in [0.4, 0.5) is 0 Å². The molecule has 1 atom stereocenters. The number of rotatable bonds is 4. The van der Waals surface area contributed by atoms with E-state index in [0.29, 0.717) is 5.92 Å². The van der Waals surface area contributed by atoms with E-state index in [1.165, 1.54) is 23.5 Å². The SMILES string of the molecule is Cc1cn2c(n1)[C@@H](CNCc1cccs1)CCC2. The molecule has 1 aliphatic rings. The van der Waals surface area contributed by atoms with Gasteiger partial charge in [-0.1, -0.05) is 6.07 Å². The number of aromatic nitrogens is 2. The predicted molar refractivity (Wildman–Crippen MR) is 75.0 cm³/mol. The van der Waals surface area contributed by atoms with Gasteiger partial charge in [-0.05, 0) is 31.2 Å². The molecule has 1 aliphatic heterocycles. The zero-order valence-electron chi connectivity index (χ0n) is 10.7. The highest BCUT2D eigenvalue weighted by atomic mass is 32.1. The number of nitrogens with zero attached hydrogens (tertiary/aromatic N) is 2. The quantitative estimate of drug-likeness (QED) is 0.917. The Kier molecular flexibility index (Phi) is 3.48. The molecule has 3 rings (SSSR count). The van der Waals surface area contributed by atoms with Crippen molar-refractivity contribution in [3.63, 3.8) is 0 Å². The Morgan fingerprint density at radius 3 is 3.33 bits per heavy atom. The van der Waals surface area contributed by atoms with Crippen molar-refractivity contribution >= 4 is 11.3 Å². The molecular formula is C14H19N3S. The van der Waals surface area contributed by atoms with Crippen LogP contribution in [0.2, 0.25) is 0 Å². The van der Waals surface area contributed by atoms with Crippen molar-refractivity contribution in [2.75, 3.05) is 6.54 Å². The van der Waals surface area contributed by atoms with Gasteiger partial charge in [0.05, 0.1) is 5.69 Å². The minimum absolute atomic E-state index is 0.576. The molecule has 0 saturated heterocycles. The van der Waals surface area contributed by atoms with E-state index < -0.39 is 0 Å². The number of imidazole rings is 1. The maximum Gasteiger partial charge on any atom is 0.113 e. The van der Waals surface area contributed by atoms with E-state index in [9.17, 15) is 0 Å². The average Bonchev–Trinajstić information content (AvgIpc) is 2.97. The van der Waals surface area contributed by atoms with Gasteiger partial charge < -0.3 is 9.88 Å². The van der Waals surface area contributed by atoms with E-state index in [-0.39, 0.29) is 0 Å². The molecule has 0 spiro atoms. The zero-order valence-corrected chi connectivity index (χ0v) is 11.5. The van der Waals surface area contributed by atoms with E-state index in [1.807, 2.05) is 11.3 Å². The molecule has 1 N–H and O–H groups in total. The van der Waals surface area contributed by atoms with Crippen molar-refractivity contribution in [3.05, 3.63) is 40.1 Å². The van der Waals surface area contributed by atoms with Gasteiger partial charge in [0.2, 0.25) is 0 Å². The first-order valence-corrected chi connectivity index (χ1v) is 7.47. The summed E-state index contributed by atoms with van der Waals surface area (Å²) in [6.07, 6.45) is 4.71. The van der Waals surface area contributed by atoms with Crippen LogP contribution in [-0.2, 0) is 13.1 Å². The molecule has 0 amide bonds. The topological polar surface area (TPSA) is 29.9 Å². The lowest BCUT2D eigenvalue weighted by molar-refractivity contribution is 0.423. The van der Waals surface area contributed by atoms with Crippen LogP contribution in [-0.4, -0.2) is 16.1 Å². The lowest BCUT2D eigenvalue weighted by Gasteiger charge is -2.23. The van der Waals surface area contributed by atoms with Gasteiger partial charge in [0.15, 0.2) is 0 Å². The summed E-state index contributed by atoms with van der Waals surface area (Å²) < 4.78 is 2.33. The molecule has 2 aromatic heterocycles. The van der Waals surface area contributed by atoms with Crippen LogP contribution >= 0.6 is 11.3 Å². The number of nitrogens with one attached hydrogen (secondary N) is 1. The number of hydrogen-bond acceptors (Lipinski definition) is 3. The molecule has 2 aromatic rings. The minimum atomic E-state index is 0.576. The van der Waals surface area contributed by atoms with Gasteiger partial charge >= 0.3 is 0 Å². The second kappa shape index (κ2) is 5.24. The summed E-state index contributed by atoms with van der Waals surface area (Å²) in [5.41, 5.74) is 1.15. The second-order valence-corrected chi connectivity index (χ2v) is 6.02. The summed E-state index contributed by atoms with van der Waals surface area (Å²) in [5, 5.41) is 5.70. The Hall–Kier alpha value is -1.13. The number of hydrogen-bond donors (Lipinski definition) is 1. The van der Waals surface area contributed by atoms with Crippen LogP contribution in [0.25, 0.3) is 0 Å². The minimum Gasteiger partial charge on any atom is -0.334 e. The molecule has 0 aromatic carbocycles. The maximum atomic E-state index is 4.67. The zero-order chi connectivity index (χ0) is 12.4. The van der Waals surface area contributed by atoms with Crippen LogP contribution in [0, 0.1) is 6.92 Å². The maximum absolute atomic E-state index is 4.67. The molecule has 3 nitrogen and oxygen atoms in total. The van der Waals surface area contributed by atoms with Crippen LogP contribution in [0.1, 0.15) is 35.2 Å². The molecule has 18 heavy (non-hydrogen) atoms. The summed E-state index contributed by atoms with van der Waals surface area (Å²) in [5.74, 6) is 1.85. The van der Waals surface area contributed by atoms with Crippen molar-refractivity contribution in [2.45, 2.75) is 38.8 Å². The van der Waals surface area contributed by atoms with Gasteiger partial charge in [0.25, 0.3) is 0 Å². The fraction of sp³-hybridized carbons (Fsp3) is 0.500. The second-order valence-electron chi connectivity index (χ2n) is 4.98. The Morgan fingerprint density at radius 2 is 2.50 bits per heavy atom. The van der Waals surface area contributed by atoms with Gasteiger partial charge in [-0.3, -0.25) is 0 Å². The Labute approximate surface area is 112 Å². The molecule has 3 heterocycles. The highest BCUT2D eigenvalue weighted by Crippen LogP contribution is 2.26. The molecule has 4 heteroatoms. The Balaban J connectivity index is 1.60. The summed E-state index contributed by atoms with van der Waals surface area (Å²) in [6, 6.07) is 4.29. The van der Waals surface area contributed by atoms with Crippen LogP contribution < -0.4 is 5.32 Å². The van der Waals surface area contributed by atoms with E-state index in [0.717, 1.165) is 25.3 Å². The summed E-state index contributed by atoms with van der Waals surface area (Å²) in [7, 11) is 0. The van der Waals surface area contributed by atoms with Gasteiger partial charge in [-0.25, -0.2) is 4.98 Å². The van der Waals surface area contributed by atoms with Crippen molar-refractivity contribution in [1.29, 1.82) is 0 Å². The lowest BCUT2D eigenvalue weighted by atomic mass is 9.99. The Bertz CT molecular complexity index is 501. The predicted octanol–water partition coefficient (Wildman–Crippen LogP) is 2.92. The van der Waals surface area contributed by atoms with E-state index in [2.05, 4.69) is 45.5 Å². The average molecular weight is 261 g/mol. The number of aryl methyl sites for hydroxylation is 2. The summed E-state index contributed by atoms with van der Waals surface area (Å²) in [6.45, 7) is 5.24. The number of fused-ring (bicyclic) bond motifs is 1. The van der Waals surface area contributed by atoms with Gasteiger partial charge in [-0.15, -0.1) is 11.3 Å². The molecule has 0 aliphatic carbocycles. The van der Waals surface area contributed by atoms with Crippen molar-refractivity contribution in [2.24, 2.45) is 0 Å². The first-order chi connectivity index (χ1) is 8.83. The van der Waals surface area contributed by atoms with Crippen molar-refractivity contribution in [1.82, 2.24) is 14.9 Å². The van der Waals surface area contributed by atoms with Gasteiger partial charge in [0.1, 0.15) is 5.82 Å². The molecule has 0 radical (unpaired) electrons. The highest BCUT2D eigenvalue weighted by molar-refractivity contribution is 7.09. The first-order valence-electron chi connectivity index (χ1n) is 6.59. The molecule has 0 unspecified atom stereocenters. The fourth-order valence-electron chi connectivity index (χ4n) is 2.68. The smallest absolute Gasteiger partial charge is 0.113 e. The molecule has 96 valence electrons. The third-order valence-corrected chi connectivity index (χ3v) is 4.39. The van der Waals surface area contributed by atoms with E-state index in [4.69, 9.17) is 0 Å². The normalized spacial score (nSPS) is 18.8. The largest absolute Gasteiger partial charge is 0.334 e. The Morgan fingerprint density at radius 1 is 1.56 bits per heavy atom. The standard InChI is InChI=1S/C14H19N3S/c1-11-10-17-6-2-4-12(14(17)16-11)8-15-9-13-5-3-7-18-13/h3,5,7,10,12,15H,2,4,6,8-9H2,1H3/t12-/m1/s1. The molecule has 0 saturated carbocycles. The van der Waals surface area contributed by atoms with Crippen LogP contribution in [0.15, 0.2) is 23.7 Å². The first kappa shape index (κ1) is 11.9. The summed E-state index contributed by atoms with van der Waals surface area (Å²) in [4.78, 5) is 6.08. The van der Waals surface area contributed by atoms with Gasteiger partial charge in [0, 0.05) is 36.6 Å². The van der Waals surface area contributed by atoms with E-state index >= 15 is 0 Å². The molecule has 0 fully saturated rings. The van der Waals surface area contributed by atoms with Crippen LogP contribution in [0.3, 0.4) is 0 Å². The van der Waals surface area contributed by atoms with Gasteiger partial charge in [-0.2, -0.15) is 0 Å².